The Morgan fingerprint density at radius 1 is 0.167 bits per heavy atom. The van der Waals surface area contributed by atoms with Gasteiger partial charge in [0.25, 0.3) is 0 Å². The monoisotopic (exact) mass is 689 g/mol. The molecule has 0 saturated heterocycles. The second-order valence-electron chi connectivity index (χ2n) is 13.3. The van der Waals surface area contributed by atoms with Gasteiger partial charge in [0.15, 0.2) is 17.5 Å². The third-order valence-corrected chi connectivity index (χ3v) is 9.71. The normalized spacial score (nSPS) is 11.0. The molecule has 1 heterocycles. The summed E-state index contributed by atoms with van der Waals surface area (Å²) in [6.07, 6.45) is 0. The number of benzene rings is 8. The lowest BCUT2D eigenvalue weighted by atomic mass is 9.92. The molecule has 0 unspecified atom stereocenters. The third-order valence-electron chi connectivity index (χ3n) is 9.71. The van der Waals surface area contributed by atoms with E-state index in [9.17, 15) is 0 Å². The van der Waals surface area contributed by atoms with E-state index in [1.807, 2.05) is 60.7 Å². The molecule has 0 aliphatic heterocycles. The van der Waals surface area contributed by atoms with Crippen molar-refractivity contribution in [1.29, 1.82) is 0 Å². The first-order valence-corrected chi connectivity index (χ1v) is 18.2. The first-order chi connectivity index (χ1) is 26.7. The Morgan fingerprint density at radius 3 is 0.815 bits per heavy atom. The minimum Gasteiger partial charge on any atom is -0.208 e. The second-order valence-corrected chi connectivity index (χ2v) is 13.3. The van der Waals surface area contributed by atoms with E-state index in [0.717, 1.165) is 33.4 Å². The van der Waals surface area contributed by atoms with E-state index < -0.39 is 0 Å². The van der Waals surface area contributed by atoms with Crippen molar-refractivity contribution >= 4 is 0 Å². The van der Waals surface area contributed by atoms with Crippen molar-refractivity contribution in [3.05, 3.63) is 212 Å². The van der Waals surface area contributed by atoms with Crippen molar-refractivity contribution in [3.8, 4) is 89.8 Å². The molecule has 9 rings (SSSR count). The van der Waals surface area contributed by atoms with Crippen LogP contribution in [0.1, 0.15) is 0 Å². The maximum absolute atomic E-state index is 4.94. The maximum Gasteiger partial charge on any atom is 0.164 e. The second kappa shape index (κ2) is 14.8. The van der Waals surface area contributed by atoms with Gasteiger partial charge in [0.1, 0.15) is 0 Å². The van der Waals surface area contributed by atoms with Crippen LogP contribution in [0, 0.1) is 0 Å². The van der Waals surface area contributed by atoms with E-state index in [4.69, 9.17) is 15.0 Å². The molecule has 0 radical (unpaired) electrons. The molecule has 0 aliphatic carbocycles. The van der Waals surface area contributed by atoms with Crippen molar-refractivity contribution in [2.24, 2.45) is 0 Å². The first kappa shape index (κ1) is 32.7. The van der Waals surface area contributed by atoms with Gasteiger partial charge in [0, 0.05) is 16.7 Å². The lowest BCUT2D eigenvalue weighted by molar-refractivity contribution is 1.07. The quantitative estimate of drug-likeness (QED) is 0.159. The smallest absolute Gasteiger partial charge is 0.164 e. The summed E-state index contributed by atoms with van der Waals surface area (Å²) in [6, 6.07) is 74.4. The fourth-order valence-corrected chi connectivity index (χ4v) is 6.90. The molecular weight excluding hydrogens is 655 g/mol. The summed E-state index contributed by atoms with van der Waals surface area (Å²) in [5.74, 6) is 1.95. The molecule has 54 heavy (non-hydrogen) atoms. The number of hydrogen-bond donors (Lipinski definition) is 0. The summed E-state index contributed by atoms with van der Waals surface area (Å²) in [5.41, 5.74) is 14.6. The topological polar surface area (TPSA) is 38.7 Å². The van der Waals surface area contributed by atoms with Gasteiger partial charge in [-0.1, -0.05) is 182 Å². The fourth-order valence-electron chi connectivity index (χ4n) is 6.90. The minimum atomic E-state index is 0.643. The zero-order valence-corrected chi connectivity index (χ0v) is 29.5. The largest absolute Gasteiger partial charge is 0.208 e. The number of nitrogens with zero attached hydrogens (tertiary/aromatic N) is 3. The van der Waals surface area contributed by atoms with Crippen LogP contribution in [0.4, 0.5) is 0 Å². The van der Waals surface area contributed by atoms with E-state index in [-0.39, 0.29) is 0 Å². The average molecular weight is 690 g/mol. The molecule has 0 bridgehead atoms. The molecule has 9 aromatic rings. The van der Waals surface area contributed by atoms with Crippen molar-refractivity contribution in [2.45, 2.75) is 0 Å². The molecule has 3 nitrogen and oxygen atoms in total. The van der Waals surface area contributed by atoms with E-state index in [2.05, 4.69) is 152 Å². The number of aromatic nitrogens is 3. The van der Waals surface area contributed by atoms with Crippen LogP contribution in [-0.4, -0.2) is 15.0 Å². The van der Waals surface area contributed by atoms with E-state index in [1.165, 1.54) is 38.9 Å². The van der Waals surface area contributed by atoms with Crippen molar-refractivity contribution in [2.75, 3.05) is 0 Å². The van der Waals surface area contributed by atoms with Crippen LogP contribution in [0.25, 0.3) is 89.8 Å². The summed E-state index contributed by atoms with van der Waals surface area (Å²) < 4.78 is 0. The third kappa shape index (κ3) is 6.99. The molecule has 3 heteroatoms. The number of rotatable bonds is 8. The van der Waals surface area contributed by atoms with Gasteiger partial charge in [0.05, 0.1) is 0 Å². The highest BCUT2D eigenvalue weighted by molar-refractivity contribution is 5.83. The highest BCUT2D eigenvalue weighted by atomic mass is 15.0. The summed E-state index contributed by atoms with van der Waals surface area (Å²) in [5, 5.41) is 0. The predicted molar refractivity (Wildman–Crippen MR) is 223 cm³/mol. The van der Waals surface area contributed by atoms with E-state index >= 15 is 0 Å². The molecule has 0 N–H and O–H groups in total. The van der Waals surface area contributed by atoms with Gasteiger partial charge in [-0.2, -0.15) is 0 Å². The molecular formula is C51H35N3. The van der Waals surface area contributed by atoms with Crippen LogP contribution in [-0.2, 0) is 0 Å². The Hall–Kier alpha value is -7.23. The van der Waals surface area contributed by atoms with Gasteiger partial charge >= 0.3 is 0 Å². The molecule has 0 spiro atoms. The lowest BCUT2D eigenvalue weighted by Crippen LogP contribution is -2.00. The number of hydrogen-bond acceptors (Lipinski definition) is 3. The standard InChI is InChI=1S/C51H35N3/c1-5-15-36(16-6-1)46-33-47(37-17-7-2-8-18-37)35-48(34-46)44-25-13-23-42(31-44)38-27-29-39(30-28-38)43-24-14-26-45(32-43)51-53-49(40-19-9-3-10-20-40)52-50(54-51)41-21-11-4-12-22-41/h1-35H. The SMILES string of the molecule is c1ccc(-c2cc(-c3ccccc3)cc(-c3cccc(-c4ccc(-c5cccc(-c6nc(-c7ccccc7)nc(-c7ccccc7)n6)c5)cc4)c3)c2)cc1. The van der Waals surface area contributed by atoms with Gasteiger partial charge in [-0.15, -0.1) is 0 Å². The highest BCUT2D eigenvalue weighted by Gasteiger charge is 2.14. The van der Waals surface area contributed by atoms with Crippen LogP contribution in [0.15, 0.2) is 212 Å². The summed E-state index contributed by atoms with van der Waals surface area (Å²) in [6.45, 7) is 0. The summed E-state index contributed by atoms with van der Waals surface area (Å²) in [7, 11) is 0. The van der Waals surface area contributed by atoms with Gasteiger partial charge in [0.2, 0.25) is 0 Å². The van der Waals surface area contributed by atoms with Crippen LogP contribution in [0.5, 0.6) is 0 Å². The zero-order valence-electron chi connectivity index (χ0n) is 29.5. The maximum atomic E-state index is 4.94. The molecule has 1 aromatic heterocycles. The van der Waals surface area contributed by atoms with Gasteiger partial charge in [-0.05, 0) is 86.0 Å². The molecule has 8 aromatic carbocycles. The Morgan fingerprint density at radius 2 is 0.407 bits per heavy atom. The van der Waals surface area contributed by atoms with Crippen molar-refractivity contribution < 1.29 is 0 Å². The summed E-state index contributed by atoms with van der Waals surface area (Å²) >= 11 is 0. The van der Waals surface area contributed by atoms with Crippen LogP contribution in [0.3, 0.4) is 0 Å². The first-order valence-electron chi connectivity index (χ1n) is 18.2. The fraction of sp³-hybridized carbons (Fsp3) is 0. The Balaban J connectivity index is 1.04. The highest BCUT2D eigenvalue weighted by Crippen LogP contribution is 2.35. The molecule has 0 saturated carbocycles. The van der Waals surface area contributed by atoms with Crippen LogP contribution >= 0.6 is 0 Å². The molecule has 0 aliphatic rings. The Labute approximate surface area is 316 Å². The summed E-state index contributed by atoms with van der Waals surface area (Å²) in [4.78, 5) is 14.7. The zero-order chi connectivity index (χ0) is 36.1. The Kier molecular flexibility index (Phi) is 8.94. The molecule has 0 atom stereocenters. The molecule has 254 valence electrons. The Bertz CT molecular complexity index is 2370. The minimum absolute atomic E-state index is 0.643. The van der Waals surface area contributed by atoms with E-state index in [1.54, 1.807) is 0 Å². The van der Waals surface area contributed by atoms with Crippen LogP contribution < -0.4 is 0 Å². The van der Waals surface area contributed by atoms with Gasteiger partial charge in [-0.3, -0.25) is 0 Å². The van der Waals surface area contributed by atoms with Crippen molar-refractivity contribution in [3.63, 3.8) is 0 Å². The van der Waals surface area contributed by atoms with Crippen molar-refractivity contribution in [1.82, 2.24) is 15.0 Å². The van der Waals surface area contributed by atoms with Gasteiger partial charge < -0.3 is 0 Å². The average Bonchev–Trinajstić information content (AvgIpc) is 3.27. The van der Waals surface area contributed by atoms with Crippen LogP contribution in [0.2, 0.25) is 0 Å². The molecule has 0 amide bonds. The van der Waals surface area contributed by atoms with E-state index in [0.29, 0.717) is 17.5 Å². The lowest BCUT2D eigenvalue weighted by Gasteiger charge is -2.13. The van der Waals surface area contributed by atoms with Gasteiger partial charge in [-0.25, -0.2) is 15.0 Å². The molecule has 0 fully saturated rings. The predicted octanol–water partition coefficient (Wildman–Crippen LogP) is 13.2.